The average Bonchev–Trinajstić information content (AvgIpc) is 4.16. The number of nitriles is 1. The zero-order chi connectivity index (χ0) is 55.9. The summed E-state index contributed by atoms with van der Waals surface area (Å²) in [5.41, 5.74) is 12.8. The molecule has 5 atom stereocenters. The molecule has 79 heavy (non-hydrogen) atoms. The van der Waals surface area contributed by atoms with Crippen molar-refractivity contribution in [1.82, 2.24) is 46.0 Å². The van der Waals surface area contributed by atoms with Crippen LogP contribution in [0.25, 0.3) is 33.2 Å². The van der Waals surface area contributed by atoms with Crippen LogP contribution >= 0.6 is 21.6 Å². The van der Waals surface area contributed by atoms with Crippen LogP contribution in [-0.4, -0.2) is 150 Å². The van der Waals surface area contributed by atoms with Gasteiger partial charge in [-0.2, -0.15) is 5.26 Å². The van der Waals surface area contributed by atoms with Gasteiger partial charge in [-0.1, -0.05) is 51.9 Å². The van der Waals surface area contributed by atoms with Crippen molar-refractivity contribution in [2.75, 3.05) is 77.5 Å². The molecule has 2 saturated heterocycles. The highest BCUT2D eigenvalue weighted by molar-refractivity contribution is 8.76. The normalized spacial score (nSPS) is 19.1. The zero-order valence-corrected chi connectivity index (χ0v) is 46.1. The van der Waals surface area contributed by atoms with E-state index in [0.29, 0.717) is 68.7 Å². The second-order valence-electron chi connectivity index (χ2n) is 19.9. The molecule has 3 aliphatic rings. The molecular weight excluding hydrogens is 1050 g/mol. The van der Waals surface area contributed by atoms with Gasteiger partial charge in [0.15, 0.2) is 0 Å². The number of nitrogens with zero attached hydrogens (tertiary/aromatic N) is 6. The van der Waals surface area contributed by atoms with E-state index < -0.39 is 29.8 Å². The molecule has 20 nitrogen and oxygen atoms in total. The number of aryl methyl sites for hydroxylation is 1. The Balaban J connectivity index is 0.765. The summed E-state index contributed by atoms with van der Waals surface area (Å²) < 4.78 is 35.9. The highest BCUT2D eigenvalue weighted by Gasteiger charge is 2.44. The lowest BCUT2D eigenvalue weighted by molar-refractivity contribution is -0.135. The van der Waals surface area contributed by atoms with E-state index in [-0.39, 0.29) is 87.5 Å². The quantitative estimate of drug-likeness (QED) is 0.0337. The first-order chi connectivity index (χ1) is 38.2. The van der Waals surface area contributed by atoms with E-state index >= 15 is 0 Å². The summed E-state index contributed by atoms with van der Waals surface area (Å²) in [6.45, 7) is 4.22. The second kappa shape index (κ2) is 27.7. The number of carbonyl (C=O) groups is 5. The summed E-state index contributed by atoms with van der Waals surface area (Å²) in [5.74, 6) is -0.482. The number of halogens is 1. The van der Waals surface area contributed by atoms with Gasteiger partial charge in [0, 0.05) is 124 Å². The van der Waals surface area contributed by atoms with E-state index in [0.717, 1.165) is 49.8 Å². The Hall–Kier alpha value is -7.10. The Labute approximate surface area is 466 Å². The van der Waals surface area contributed by atoms with E-state index in [1.54, 1.807) is 41.6 Å². The monoisotopic (exact) mass is 1120 g/mol. The van der Waals surface area contributed by atoms with Crippen LogP contribution in [0.4, 0.5) is 14.9 Å². The van der Waals surface area contributed by atoms with E-state index in [4.69, 9.17) is 24.7 Å². The summed E-state index contributed by atoms with van der Waals surface area (Å²) in [7, 11) is 5.91. The van der Waals surface area contributed by atoms with Crippen molar-refractivity contribution in [3.8, 4) is 34.2 Å². The van der Waals surface area contributed by atoms with Gasteiger partial charge in [0.25, 0.3) is 0 Å². The van der Waals surface area contributed by atoms with Crippen LogP contribution < -0.4 is 31.7 Å². The highest BCUT2D eigenvalue weighted by atomic mass is 33.1. The van der Waals surface area contributed by atoms with Crippen molar-refractivity contribution < 1.29 is 47.3 Å². The molecule has 418 valence electrons. The number of nitrogens with one attached hydrogen (secondary N) is 4. The Morgan fingerprint density at radius 1 is 0.975 bits per heavy atom. The number of hydrogen-bond donors (Lipinski definition) is 5. The number of rotatable bonds is 26. The van der Waals surface area contributed by atoms with Crippen LogP contribution in [0, 0.1) is 17.2 Å². The average molecular weight is 1120 g/mol. The van der Waals surface area contributed by atoms with Crippen LogP contribution in [-0.2, 0) is 59.5 Å². The number of nitrogens with two attached hydrogens (primary N) is 1. The molecule has 0 radical (unpaired) electrons. The zero-order valence-electron chi connectivity index (χ0n) is 44.5. The first-order valence-corrected chi connectivity index (χ1v) is 28.6. The maximum absolute atomic E-state index is 14.7. The molecule has 2 fully saturated rings. The molecule has 0 aliphatic carbocycles. The van der Waals surface area contributed by atoms with Crippen molar-refractivity contribution in [3.05, 3.63) is 102 Å². The van der Waals surface area contributed by atoms with Gasteiger partial charge in [-0.15, -0.1) is 0 Å². The summed E-state index contributed by atoms with van der Waals surface area (Å²) >= 11 is 0. The number of hydrogen-bond acceptors (Lipinski definition) is 17. The minimum atomic E-state index is -1.47. The van der Waals surface area contributed by atoms with Crippen molar-refractivity contribution >= 4 is 67.9 Å². The van der Waals surface area contributed by atoms with Crippen LogP contribution in [0.2, 0.25) is 0 Å². The molecule has 5 amide bonds. The fraction of sp³-hybridized carbons (Fsp3) is 0.446. The van der Waals surface area contributed by atoms with E-state index in [1.807, 2.05) is 54.6 Å². The predicted octanol–water partition coefficient (Wildman–Crippen LogP) is 5.52. The SMILES string of the molecule is COCCOCCNC(=O)C(CSSCCNC(=O)OCc1ccc(-c2ccnc3ccc(-c4cnc(OC)c(N)c4)cc23)cn1)NC(=O)CCc1cccc2c1CN(C(=O)C[C@@H]1C[C@@H](CN3CC(C)(F)C[C@H]3C#N)NC1=O)C2. The van der Waals surface area contributed by atoms with Crippen molar-refractivity contribution in [3.63, 3.8) is 0 Å². The summed E-state index contributed by atoms with van der Waals surface area (Å²) in [4.78, 5) is 83.0. The Morgan fingerprint density at radius 2 is 1.81 bits per heavy atom. The van der Waals surface area contributed by atoms with Gasteiger partial charge in [0.05, 0.1) is 49.9 Å². The molecule has 3 aliphatic heterocycles. The number of aromatic nitrogens is 3. The minimum absolute atomic E-state index is 0.0334. The predicted molar refractivity (Wildman–Crippen MR) is 299 cm³/mol. The van der Waals surface area contributed by atoms with Crippen molar-refractivity contribution in [1.29, 1.82) is 5.26 Å². The fourth-order valence-electron chi connectivity index (χ4n) is 10.0. The largest absolute Gasteiger partial charge is 0.480 e. The smallest absolute Gasteiger partial charge is 0.407 e. The molecule has 3 aromatic heterocycles. The fourth-order valence-corrected chi connectivity index (χ4v) is 12.1. The molecule has 0 spiro atoms. The number of carbonyl (C=O) groups excluding carboxylic acids is 5. The molecule has 2 aromatic carbocycles. The maximum Gasteiger partial charge on any atom is 0.407 e. The van der Waals surface area contributed by atoms with Crippen LogP contribution in [0.3, 0.4) is 0 Å². The lowest BCUT2D eigenvalue weighted by Gasteiger charge is -2.23. The molecule has 2 unspecified atom stereocenters. The number of amides is 5. The standard InChI is InChI=1S/C56H66FN11O9S2/c1-56(57)25-43(26-58)68(34-56)30-42-21-39(52(71)65-42)24-51(70)67-29-38-6-4-5-35(46(38)31-67)9-12-50(69)66-49(53(72)61-15-17-76-19-18-74-2)33-79-78-20-16-62-55(73)77-32-41-10-7-37(27-63-41)44-13-14-60-48-11-8-36(22-45(44)48)40-23-47(59)54(75-3)64-28-40/h4-8,10-11,13-14,22-23,27-28,39,42-43,49H,9,12,15-21,24-25,29-34,59H2,1-3H3,(H,61,72)(H,62,73)(H,65,71)(H,66,69)/t39-,42-,43-,49?,56?/m0/s1. The Kier molecular flexibility index (Phi) is 20.3. The van der Waals surface area contributed by atoms with Gasteiger partial charge in [0.1, 0.15) is 24.4 Å². The number of fused-ring (bicyclic) bond motifs is 2. The first-order valence-electron chi connectivity index (χ1n) is 26.1. The van der Waals surface area contributed by atoms with Gasteiger partial charge < -0.3 is 50.8 Å². The molecule has 0 bridgehead atoms. The summed E-state index contributed by atoms with van der Waals surface area (Å²) in [6.07, 6.45) is 5.62. The van der Waals surface area contributed by atoms with Crippen LogP contribution in [0.1, 0.15) is 55.0 Å². The van der Waals surface area contributed by atoms with Gasteiger partial charge in [-0.05, 0) is 77.9 Å². The molecule has 0 saturated carbocycles. The van der Waals surface area contributed by atoms with Gasteiger partial charge in [-0.25, -0.2) is 14.2 Å². The third kappa shape index (κ3) is 15.8. The maximum atomic E-state index is 14.7. The van der Waals surface area contributed by atoms with Gasteiger partial charge in [0.2, 0.25) is 29.5 Å². The van der Waals surface area contributed by atoms with E-state index in [1.165, 1.54) is 35.6 Å². The lowest BCUT2D eigenvalue weighted by Crippen LogP contribution is -2.49. The number of methoxy groups -OCH3 is 2. The van der Waals surface area contributed by atoms with Gasteiger partial charge in [-0.3, -0.25) is 34.0 Å². The topological polar surface area (TPSA) is 265 Å². The van der Waals surface area contributed by atoms with E-state index in [9.17, 15) is 33.6 Å². The highest BCUT2D eigenvalue weighted by Crippen LogP contribution is 2.35. The number of pyridine rings is 3. The lowest BCUT2D eigenvalue weighted by atomic mass is 9.98. The van der Waals surface area contributed by atoms with E-state index in [2.05, 4.69) is 42.3 Å². The number of nitrogen functional groups attached to an aromatic ring is 1. The third-order valence-electron chi connectivity index (χ3n) is 14.0. The summed E-state index contributed by atoms with van der Waals surface area (Å²) in [5, 5.41) is 21.9. The molecule has 8 rings (SSSR count). The number of alkyl carbamates (subject to hydrolysis) is 1. The van der Waals surface area contributed by atoms with Crippen LogP contribution in [0.5, 0.6) is 5.88 Å². The van der Waals surface area contributed by atoms with Crippen molar-refractivity contribution in [2.45, 2.75) is 82.5 Å². The number of alkyl halides is 1. The number of benzene rings is 2. The van der Waals surface area contributed by atoms with Crippen molar-refractivity contribution in [2.24, 2.45) is 5.92 Å². The Bertz CT molecular complexity index is 3020. The number of anilines is 1. The third-order valence-corrected chi connectivity index (χ3v) is 16.4. The molecule has 23 heteroatoms. The summed E-state index contributed by atoms with van der Waals surface area (Å²) in [6, 6.07) is 19.7. The number of likely N-dealkylation sites (tertiary alicyclic amines) is 1. The molecule has 5 aromatic rings. The molecule has 6 N–H and O–H groups in total. The molecular formula is C56H66FN11O9S2. The first kappa shape index (κ1) is 58.1. The van der Waals surface area contributed by atoms with Crippen LogP contribution in [0.15, 0.2) is 79.3 Å². The minimum Gasteiger partial charge on any atom is -0.480 e. The second-order valence-corrected chi connectivity index (χ2v) is 22.5. The molecule has 6 heterocycles. The Morgan fingerprint density at radius 3 is 2.59 bits per heavy atom. The number of ether oxygens (including phenoxy) is 4. The van der Waals surface area contributed by atoms with Gasteiger partial charge >= 0.3 is 6.09 Å².